The molecular formula is C28H32N10O4. The summed E-state index contributed by atoms with van der Waals surface area (Å²) in [5.41, 5.74) is 7.68. The normalized spacial score (nSPS) is 14.4. The summed E-state index contributed by atoms with van der Waals surface area (Å²) in [5, 5.41) is 19.6. The summed E-state index contributed by atoms with van der Waals surface area (Å²) in [6.07, 6.45) is 7.78. The van der Waals surface area contributed by atoms with Crippen LogP contribution in [0.15, 0.2) is 43.4 Å². The second-order valence-corrected chi connectivity index (χ2v) is 9.75. The van der Waals surface area contributed by atoms with Crippen LogP contribution >= 0.6 is 0 Å². The van der Waals surface area contributed by atoms with Crippen molar-refractivity contribution < 1.29 is 19.1 Å². The van der Waals surface area contributed by atoms with Crippen LogP contribution in [0.1, 0.15) is 45.2 Å². The molecule has 218 valence electrons. The molecule has 4 rings (SSSR count). The third kappa shape index (κ3) is 6.47. The second-order valence-electron chi connectivity index (χ2n) is 9.75. The number of hydrogen-bond donors (Lipinski definition) is 3. The fourth-order valence-electron chi connectivity index (χ4n) is 4.67. The van der Waals surface area contributed by atoms with Crippen molar-refractivity contribution in [3.8, 4) is 11.8 Å². The number of aromatic nitrogens is 4. The molecule has 0 spiro atoms. The molecule has 0 aliphatic carbocycles. The van der Waals surface area contributed by atoms with Crippen LogP contribution in [-0.4, -0.2) is 81.1 Å². The van der Waals surface area contributed by atoms with E-state index in [2.05, 4.69) is 32.3 Å². The number of hydrogen-bond acceptors (Lipinski definition) is 10. The molecule has 3 amide bonds. The van der Waals surface area contributed by atoms with E-state index in [1.165, 1.54) is 31.3 Å². The van der Waals surface area contributed by atoms with E-state index in [4.69, 9.17) is 15.7 Å². The van der Waals surface area contributed by atoms with Gasteiger partial charge in [0.05, 0.1) is 36.8 Å². The van der Waals surface area contributed by atoms with Crippen LogP contribution < -0.4 is 21.1 Å². The number of nitrogens with zero attached hydrogens (tertiary/aromatic N) is 7. The maximum absolute atomic E-state index is 12.7. The van der Waals surface area contributed by atoms with Crippen LogP contribution in [0, 0.1) is 18.3 Å². The van der Waals surface area contributed by atoms with Gasteiger partial charge in [-0.1, -0.05) is 6.58 Å². The van der Waals surface area contributed by atoms with Crippen LogP contribution in [0.2, 0.25) is 0 Å². The Morgan fingerprint density at radius 3 is 2.79 bits per heavy atom. The number of anilines is 4. The van der Waals surface area contributed by atoms with Gasteiger partial charge in [0.1, 0.15) is 23.7 Å². The van der Waals surface area contributed by atoms with Gasteiger partial charge in [0, 0.05) is 38.1 Å². The predicted octanol–water partition coefficient (Wildman–Crippen LogP) is 2.52. The summed E-state index contributed by atoms with van der Waals surface area (Å²) < 4.78 is 7.33. The lowest BCUT2D eigenvalue weighted by Crippen LogP contribution is -2.39. The molecule has 0 bridgehead atoms. The van der Waals surface area contributed by atoms with E-state index >= 15 is 0 Å². The van der Waals surface area contributed by atoms with Crippen molar-refractivity contribution in [3.63, 3.8) is 0 Å². The van der Waals surface area contributed by atoms with Crippen LogP contribution in [0.5, 0.6) is 5.75 Å². The number of methoxy groups -OCH3 is 1. The fraction of sp³-hybridized carbons (Fsp3) is 0.321. The van der Waals surface area contributed by atoms with Gasteiger partial charge >= 0.3 is 0 Å². The molecule has 14 heteroatoms. The number of primary amides is 1. The maximum Gasteiger partial charge on any atom is 0.254 e. The molecule has 1 aliphatic heterocycles. The molecule has 3 aromatic rings. The van der Waals surface area contributed by atoms with E-state index < -0.39 is 5.91 Å². The number of benzene rings is 1. The lowest BCUT2D eigenvalue weighted by Gasteiger charge is -2.32. The number of ether oxygens (including phenoxy) is 1. The highest BCUT2D eigenvalue weighted by atomic mass is 16.5. The van der Waals surface area contributed by atoms with Gasteiger partial charge in [0.15, 0.2) is 0 Å². The van der Waals surface area contributed by atoms with Gasteiger partial charge in [-0.2, -0.15) is 15.3 Å². The van der Waals surface area contributed by atoms with E-state index in [0.717, 1.165) is 12.8 Å². The SMILES string of the molecule is C=CC(=O)N1CCC[C@@H](n2cc(Nc3ncc(C(N)=O)c(Nc4c(C)cc(C(=O)N(C)CC#N)cc4OC)n3)cn2)C1. The monoisotopic (exact) mass is 572 g/mol. The number of nitrogens with two attached hydrogens (primary N) is 1. The van der Waals surface area contributed by atoms with Crippen molar-refractivity contribution in [2.24, 2.45) is 5.73 Å². The second kappa shape index (κ2) is 12.8. The molecule has 4 N–H and O–H groups in total. The molecule has 1 aromatic carbocycles. The number of amides is 3. The number of rotatable bonds is 10. The largest absolute Gasteiger partial charge is 0.495 e. The third-order valence-corrected chi connectivity index (χ3v) is 6.83. The highest BCUT2D eigenvalue weighted by molar-refractivity contribution is 5.99. The van der Waals surface area contributed by atoms with Gasteiger partial charge in [-0.05, 0) is 43.5 Å². The summed E-state index contributed by atoms with van der Waals surface area (Å²) in [5.74, 6) is -0.562. The Morgan fingerprint density at radius 1 is 1.31 bits per heavy atom. The minimum Gasteiger partial charge on any atom is -0.495 e. The molecule has 1 fully saturated rings. The number of carbonyl (C=O) groups is 3. The van der Waals surface area contributed by atoms with Crippen molar-refractivity contribution in [2.75, 3.05) is 44.4 Å². The van der Waals surface area contributed by atoms with Crippen molar-refractivity contribution in [1.29, 1.82) is 5.26 Å². The number of nitrogens with one attached hydrogen (secondary N) is 2. The maximum atomic E-state index is 12.7. The number of carbonyl (C=O) groups excluding carboxylic acids is 3. The molecule has 14 nitrogen and oxygen atoms in total. The fourth-order valence-corrected chi connectivity index (χ4v) is 4.67. The van der Waals surface area contributed by atoms with Crippen LogP contribution in [0.3, 0.4) is 0 Å². The average Bonchev–Trinajstić information content (AvgIpc) is 3.45. The molecule has 0 saturated carbocycles. The zero-order chi connectivity index (χ0) is 30.4. The van der Waals surface area contributed by atoms with Crippen molar-refractivity contribution in [2.45, 2.75) is 25.8 Å². The molecule has 42 heavy (non-hydrogen) atoms. The Kier molecular flexibility index (Phi) is 9.01. The van der Waals surface area contributed by atoms with Gasteiger partial charge in [0.25, 0.3) is 11.8 Å². The average molecular weight is 573 g/mol. The number of piperidine rings is 1. The number of aryl methyl sites for hydroxylation is 1. The lowest BCUT2D eigenvalue weighted by molar-refractivity contribution is -0.127. The van der Waals surface area contributed by atoms with Crippen LogP contribution in [0.25, 0.3) is 0 Å². The van der Waals surface area contributed by atoms with Gasteiger partial charge in [-0.15, -0.1) is 0 Å². The summed E-state index contributed by atoms with van der Waals surface area (Å²) in [6, 6.07) is 5.15. The van der Waals surface area contributed by atoms with Gasteiger partial charge in [-0.25, -0.2) is 4.98 Å². The first-order valence-corrected chi connectivity index (χ1v) is 13.1. The molecule has 1 atom stereocenters. The first-order valence-electron chi connectivity index (χ1n) is 13.1. The Morgan fingerprint density at radius 2 is 2.10 bits per heavy atom. The van der Waals surface area contributed by atoms with Crippen molar-refractivity contribution in [3.05, 3.63) is 60.1 Å². The van der Waals surface area contributed by atoms with Crippen molar-refractivity contribution >= 4 is 40.9 Å². The summed E-state index contributed by atoms with van der Waals surface area (Å²) >= 11 is 0. The quantitative estimate of drug-likeness (QED) is 0.241. The van der Waals surface area contributed by atoms with Gasteiger partial charge in [0.2, 0.25) is 11.9 Å². The zero-order valence-electron chi connectivity index (χ0n) is 23.6. The Bertz CT molecular complexity index is 1560. The summed E-state index contributed by atoms with van der Waals surface area (Å²) in [7, 11) is 2.98. The third-order valence-electron chi connectivity index (χ3n) is 6.83. The minimum atomic E-state index is -0.741. The van der Waals surface area contributed by atoms with Crippen LogP contribution in [-0.2, 0) is 4.79 Å². The highest BCUT2D eigenvalue weighted by Crippen LogP contribution is 2.34. The van der Waals surface area contributed by atoms with E-state index in [1.807, 2.05) is 6.07 Å². The first-order chi connectivity index (χ1) is 20.1. The molecule has 1 saturated heterocycles. The molecule has 2 aromatic heterocycles. The number of nitriles is 1. The predicted molar refractivity (Wildman–Crippen MR) is 155 cm³/mol. The first kappa shape index (κ1) is 29.5. The van der Waals surface area contributed by atoms with E-state index in [0.29, 0.717) is 41.3 Å². The summed E-state index contributed by atoms with van der Waals surface area (Å²) in [4.78, 5) is 48.8. The molecule has 1 aliphatic rings. The number of likely N-dealkylation sites (tertiary alicyclic amines) is 1. The zero-order valence-corrected chi connectivity index (χ0v) is 23.6. The van der Waals surface area contributed by atoms with E-state index in [9.17, 15) is 14.4 Å². The molecule has 0 unspecified atom stereocenters. The standard InChI is InChI=1S/C28H32N10O4/c1-5-23(39)37-9-6-7-20(16-37)38-15-19(13-32-38)33-28-31-14-21(25(30)40)26(35-28)34-24-17(2)11-18(12-22(24)42-4)27(41)36(3)10-8-29/h5,11-15,20H,1,6-7,9-10,16H2,2-4H3,(H2,30,40)(H2,31,33,34,35)/t20-/m1/s1. The van der Waals surface area contributed by atoms with Crippen molar-refractivity contribution in [1.82, 2.24) is 29.5 Å². The highest BCUT2D eigenvalue weighted by Gasteiger charge is 2.24. The van der Waals surface area contributed by atoms with Gasteiger partial charge < -0.3 is 30.9 Å². The summed E-state index contributed by atoms with van der Waals surface area (Å²) in [6.45, 7) is 6.49. The van der Waals surface area contributed by atoms with E-state index in [1.54, 1.807) is 41.0 Å². The van der Waals surface area contributed by atoms with Gasteiger partial charge in [-0.3, -0.25) is 19.1 Å². The Balaban J connectivity index is 1.58. The Labute approximate surface area is 242 Å². The molecule has 3 heterocycles. The van der Waals surface area contributed by atoms with E-state index in [-0.39, 0.29) is 41.7 Å². The van der Waals surface area contributed by atoms with Crippen LogP contribution in [0.4, 0.5) is 23.1 Å². The topological polar surface area (TPSA) is 184 Å². The Hall–Kier alpha value is -5.45. The molecular weight excluding hydrogens is 540 g/mol. The lowest BCUT2D eigenvalue weighted by atomic mass is 10.1. The smallest absolute Gasteiger partial charge is 0.254 e. The molecule has 0 radical (unpaired) electrons. The minimum absolute atomic E-state index is 0.0126.